The topological polar surface area (TPSA) is 20.2 Å². The Morgan fingerprint density at radius 3 is 2.10 bits per heavy atom. The summed E-state index contributed by atoms with van der Waals surface area (Å²) in [7, 11) is 0. The maximum Gasteiger partial charge on any atom is 0.414 e. The highest BCUT2D eigenvalue weighted by molar-refractivity contribution is 9.09. The molecule has 0 spiro atoms. The molecule has 0 aromatic heterocycles. The highest BCUT2D eigenvalue weighted by atomic mass is 79.9. The molecule has 0 aliphatic heterocycles. The van der Waals surface area contributed by atoms with Crippen molar-refractivity contribution >= 4 is 15.9 Å². The highest BCUT2D eigenvalue weighted by Gasteiger charge is 2.32. The lowest BCUT2D eigenvalue weighted by Crippen LogP contribution is -2.15. The highest BCUT2D eigenvalue weighted by Crippen LogP contribution is 2.24. The van der Waals surface area contributed by atoms with Crippen LogP contribution in [-0.4, -0.2) is 23.2 Å². The van der Waals surface area contributed by atoms with Gasteiger partial charge in [0, 0.05) is 5.33 Å². The SMILES string of the molecule is OC/C(=C/CBr)C(F)(F)F. The molecule has 0 unspecified atom stereocenters. The first-order valence-corrected chi connectivity index (χ1v) is 3.57. The van der Waals surface area contributed by atoms with Gasteiger partial charge in [-0.05, 0) is 0 Å². The van der Waals surface area contributed by atoms with E-state index in [1.807, 2.05) is 0 Å². The summed E-state index contributed by atoms with van der Waals surface area (Å²) >= 11 is 2.80. The third-order valence-electron chi connectivity index (χ3n) is 0.858. The Balaban J connectivity index is 4.21. The zero-order valence-electron chi connectivity index (χ0n) is 4.95. The summed E-state index contributed by atoms with van der Waals surface area (Å²) in [4.78, 5) is 0. The van der Waals surface area contributed by atoms with Crippen molar-refractivity contribution < 1.29 is 18.3 Å². The number of hydrogen-bond donors (Lipinski definition) is 1. The summed E-state index contributed by atoms with van der Waals surface area (Å²) in [5, 5.41) is 8.28. The average molecular weight is 219 g/mol. The molecule has 0 aliphatic carbocycles. The van der Waals surface area contributed by atoms with Crippen LogP contribution in [0.5, 0.6) is 0 Å². The van der Waals surface area contributed by atoms with Crippen molar-refractivity contribution in [2.45, 2.75) is 6.18 Å². The van der Waals surface area contributed by atoms with Crippen LogP contribution in [0.25, 0.3) is 0 Å². The van der Waals surface area contributed by atoms with Gasteiger partial charge in [0.15, 0.2) is 0 Å². The van der Waals surface area contributed by atoms with E-state index in [0.29, 0.717) is 0 Å². The van der Waals surface area contributed by atoms with Gasteiger partial charge in [-0.3, -0.25) is 0 Å². The van der Waals surface area contributed by atoms with Crippen LogP contribution in [0.4, 0.5) is 13.2 Å². The quantitative estimate of drug-likeness (QED) is 0.555. The molecule has 60 valence electrons. The second-order valence-corrected chi connectivity index (χ2v) is 2.19. The lowest BCUT2D eigenvalue weighted by molar-refractivity contribution is -0.0976. The fraction of sp³-hybridized carbons (Fsp3) is 0.600. The first-order chi connectivity index (χ1) is 4.52. The van der Waals surface area contributed by atoms with E-state index in [4.69, 9.17) is 5.11 Å². The summed E-state index contributed by atoms with van der Waals surface area (Å²) in [6.07, 6.45) is -3.51. The van der Waals surface area contributed by atoms with E-state index in [2.05, 4.69) is 15.9 Å². The van der Waals surface area contributed by atoms with E-state index >= 15 is 0 Å². The monoisotopic (exact) mass is 218 g/mol. The number of halogens is 4. The smallest absolute Gasteiger partial charge is 0.392 e. The molecule has 1 nitrogen and oxygen atoms in total. The van der Waals surface area contributed by atoms with Gasteiger partial charge in [0.05, 0.1) is 12.2 Å². The molecule has 1 N–H and O–H groups in total. The van der Waals surface area contributed by atoms with Crippen molar-refractivity contribution in [2.24, 2.45) is 0 Å². The van der Waals surface area contributed by atoms with Crippen LogP contribution in [0.1, 0.15) is 0 Å². The van der Waals surface area contributed by atoms with Crippen LogP contribution in [-0.2, 0) is 0 Å². The van der Waals surface area contributed by atoms with Crippen LogP contribution in [0.3, 0.4) is 0 Å². The van der Waals surface area contributed by atoms with Crippen molar-refractivity contribution in [3.63, 3.8) is 0 Å². The predicted molar refractivity (Wildman–Crippen MR) is 35.0 cm³/mol. The van der Waals surface area contributed by atoms with E-state index in [9.17, 15) is 13.2 Å². The van der Waals surface area contributed by atoms with Gasteiger partial charge in [-0.2, -0.15) is 13.2 Å². The Morgan fingerprint density at radius 1 is 1.50 bits per heavy atom. The zero-order valence-corrected chi connectivity index (χ0v) is 6.54. The Bertz CT molecular complexity index is 129. The largest absolute Gasteiger partial charge is 0.414 e. The number of aliphatic hydroxyl groups is 1. The molecular weight excluding hydrogens is 213 g/mol. The second kappa shape index (κ2) is 3.98. The molecule has 0 aliphatic rings. The summed E-state index contributed by atoms with van der Waals surface area (Å²) in [5.41, 5.74) is -0.913. The molecule has 0 amide bonds. The number of allylic oxidation sites excluding steroid dienone is 1. The van der Waals surface area contributed by atoms with Crippen LogP contribution in [0.2, 0.25) is 0 Å². The van der Waals surface area contributed by atoms with Crippen molar-refractivity contribution in [2.75, 3.05) is 11.9 Å². The first kappa shape index (κ1) is 9.97. The summed E-state index contributed by atoms with van der Waals surface area (Å²) in [5.74, 6) is 0. The van der Waals surface area contributed by atoms with Crippen molar-refractivity contribution in [1.29, 1.82) is 0 Å². The standard InChI is InChI=1S/C5H6BrF3O/c6-2-1-4(3-10)5(7,8)9/h1,10H,2-3H2/b4-1-. The third-order valence-corrected chi connectivity index (χ3v) is 1.18. The van der Waals surface area contributed by atoms with E-state index in [0.717, 1.165) is 6.08 Å². The van der Waals surface area contributed by atoms with E-state index in [1.54, 1.807) is 0 Å². The van der Waals surface area contributed by atoms with Gasteiger partial charge in [0.25, 0.3) is 0 Å². The Hall–Kier alpha value is -0.0300. The van der Waals surface area contributed by atoms with Crippen LogP contribution in [0.15, 0.2) is 11.6 Å². The lowest BCUT2D eigenvalue weighted by Gasteiger charge is -2.07. The maximum absolute atomic E-state index is 11.7. The van der Waals surface area contributed by atoms with Gasteiger partial charge in [-0.25, -0.2) is 0 Å². The van der Waals surface area contributed by atoms with Crippen LogP contribution < -0.4 is 0 Å². The third kappa shape index (κ3) is 3.22. The van der Waals surface area contributed by atoms with E-state index < -0.39 is 18.4 Å². The van der Waals surface area contributed by atoms with Crippen molar-refractivity contribution in [3.05, 3.63) is 11.6 Å². The van der Waals surface area contributed by atoms with Gasteiger partial charge in [-0.1, -0.05) is 22.0 Å². The maximum atomic E-state index is 11.7. The fourth-order valence-corrected chi connectivity index (χ4v) is 0.754. The molecule has 5 heteroatoms. The molecule has 0 saturated heterocycles. The minimum Gasteiger partial charge on any atom is -0.392 e. The molecular formula is C5H6BrF3O. The predicted octanol–water partition coefficient (Wildman–Crippen LogP) is 1.86. The van der Waals surface area contributed by atoms with Gasteiger partial charge < -0.3 is 5.11 Å². The van der Waals surface area contributed by atoms with Gasteiger partial charge >= 0.3 is 6.18 Å². The number of aliphatic hydroxyl groups excluding tert-OH is 1. The Labute approximate surface area is 64.7 Å². The Kier molecular flexibility index (Phi) is 3.96. The number of hydrogen-bond acceptors (Lipinski definition) is 1. The van der Waals surface area contributed by atoms with E-state index in [-0.39, 0.29) is 5.33 Å². The number of alkyl halides is 4. The molecule has 0 radical (unpaired) electrons. The van der Waals surface area contributed by atoms with Crippen molar-refractivity contribution in [3.8, 4) is 0 Å². The van der Waals surface area contributed by atoms with Crippen LogP contribution >= 0.6 is 15.9 Å². The zero-order chi connectivity index (χ0) is 8.20. The minimum atomic E-state index is -4.40. The summed E-state index contributed by atoms with van der Waals surface area (Å²) in [6, 6.07) is 0. The lowest BCUT2D eigenvalue weighted by atomic mass is 10.3. The molecule has 0 rings (SSSR count). The molecule has 0 heterocycles. The van der Waals surface area contributed by atoms with Gasteiger partial charge in [0.2, 0.25) is 0 Å². The molecule has 0 atom stereocenters. The van der Waals surface area contributed by atoms with Crippen LogP contribution in [0, 0.1) is 0 Å². The molecule has 0 saturated carbocycles. The normalized spacial score (nSPS) is 13.9. The van der Waals surface area contributed by atoms with E-state index in [1.165, 1.54) is 0 Å². The average Bonchev–Trinajstić information content (AvgIpc) is 1.80. The molecule has 0 aromatic carbocycles. The second-order valence-electron chi connectivity index (χ2n) is 1.54. The molecule has 10 heavy (non-hydrogen) atoms. The first-order valence-electron chi connectivity index (χ1n) is 2.45. The molecule has 0 aromatic rings. The van der Waals surface area contributed by atoms with Crippen molar-refractivity contribution in [1.82, 2.24) is 0 Å². The molecule has 0 fully saturated rings. The summed E-state index contributed by atoms with van der Waals surface area (Å²) < 4.78 is 35.0. The summed E-state index contributed by atoms with van der Waals surface area (Å²) in [6.45, 7) is -0.963. The van der Waals surface area contributed by atoms with Gasteiger partial charge in [0.1, 0.15) is 0 Å². The Morgan fingerprint density at radius 2 is 2.00 bits per heavy atom. The fourth-order valence-electron chi connectivity index (χ4n) is 0.363. The number of rotatable bonds is 2. The van der Waals surface area contributed by atoms with Gasteiger partial charge in [-0.15, -0.1) is 0 Å². The molecule has 0 bridgehead atoms. The minimum absolute atomic E-state index is 0.0996.